The Hall–Kier alpha value is -2.78. The van der Waals surface area contributed by atoms with Crippen molar-refractivity contribution >= 4 is 11.8 Å². The third-order valence-corrected chi connectivity index (χ3v) is 5.54. The second kappa shape index (κ2) is 8.30. The predicted octanol–water partition coefficient (Wildman–Crippen LogP) is 0.317. The highest BCUT2D eigenvalue weighted by atomic mass is 16.5. The number of carbonyl (C=O) groups is 2. The Kier molecular flexibility index (Phi) is 5.59. The van der Waals surface area contributed by atoms with E-state index in [4.69, 9.17) is 4.74 Å². The third kappa shape index (κ3) is 4.30. The number of fused-ring (bicyclic) bond motifs is 1. The number of nitrogens with zero attached hydrogens (tertiary/aromatic N) is 5. The summed E-state index contributed by atoms with van der Waals surface area (Å²) in [5.41, 5.74) is 1.26. The molecule has 0 spiro atoms. The Labute approximate surface area is 169 Å². The van der Waals surface area contributed by atoms with E-state index in [-0.39, 0.29) is 30.0 Å². The van der Waals surface area contributed by atoms with Crippen molar-refractivity contribution in [3.63, 3.8) is 0 Å². The van der Waals surface area contributed by atoms with E-state index in [0.717, 1.165) is 13.0 Å². The topological polar surface area (TPSA) is 92.6 Å². The first kappa shape index (κ1) is 19.5. The highest BCUT2D eigenvalue weighted by Gasteiger charge is 2.38. The van der Waals surface area contributed by atoms with E-state index < -0.39 is 0 Å². The number of amides is 2. The number of morpholine rings is 1. The van der Waals surface area contributed by atoms with Crippen molar-refractivity contribution in [1.82, 2.24) is 29.9 Å². The summed E-state index contributed by atoms with van der Waals surface area (Å²) in [6.07, 6.45) is 4.16. The Balaban J connectivity index is 1.38. The van der Waals surface area contributed by atoms with Crippen LogP contribution in [0.5, 0.6) is 0 Å². The first-order chi connectivity index (χ1) is 14.0. The molecule has 0 radical (unpaired) electrons. The lowest BCUT2D eigenvalue weighted by molar-refractivity contribution is -0.134. The molecule has 154 valence electrons. The normalized spacial score (nSPS) is 24.1. The summed E-state index contributed by atoms with van der Waals surface area (Å²) in [6, 6.07) is 7.67. The summed E-state index contributed by atoms with van der Waals surface area (Å²) in [5.74, 6) is -0.0524. The zero-order valence-corrected chi connectivity index (χ0v) is 16.7. The van der Waals surface area contributed by atoms with Gasteiger partial charge in [0.05, 0.1) is 30.4 Å². The molecule has 1 N–H and O–H groups in total. The van der Waals surface area contributed by atoms with Crippen LogP contribution in [-0.2, 0) is 9.53 Å². The van der Waals surface area contributed by atoms with Crippen molar-refractivity contribution in [2.24, 2.45) is 0 Å². The van der Waals surface area contributed by atoms with Gasteiger partial charge in [-0.15, -0.1) is 0 Å². The molecule has 0 aliphatic carbocycles. The molecule has 29 heavy (non-hydrogen) atoms. The van der Waals surface area contributed by atoms with E-state index in [9.17, 15) is 9.59 Å². The van der Waals surface area contributed by atoms with Crippen LogP contribution in [0.15, 0.2) is 36.9 Å². The van der Waals surface area contributed by atoms with Crippen molar-refractivity contribution < 1.29 is 14.3 Å². The van der Waals surface area contributed by atoms with E-state index in [1.807, 2.05) is 18.2 Å². The molecule has 2 aliphatic heterocycles. The first-order valence-corrected chi connectivity index (χ1v) is 9.82. The minimum atomic E-state index is -0.124. The molecule has 1 aromatic heterocycles. The molecule has 2 saturated heterocycles. The van der Waals surface area contributed by atoms with Gasteiger partial charge in [0.15, 0.2) is 0 Å². The van der Waals surface area contributed by atoms with Gasteiger partial charge in [-0.05, 0) is 18.6 Å². The van der Waals surface area contributed by atoms with Gasteiger partial charge in [0, 0.05) is 39.3 Å². The average Bonchev–Trinajstić information content (AvgIpc) is 3.37. The highest BCUT2D eigenvalue weighted by molar-refractivity contribution is 5.97. The van der Waals surface area contributed by atoms with Gasteiger partial charge in [-0.25, -0.2) is 9.67 Å². The fourth-order valence-electron chi connectivity index (χ4n) is 4.01. The number of ether oxygens (including phenoxy) is 1. The smallest absolute Gasteiger partial charge is 0.253 e. The van der Waals surface area contributed by atoms with Gasteiger partial charge in [0.1, 0.15) is 12.7 Å². The van der Waals surface area contributed by atoms with Gasteiger partial charge in [-0.2, -0.15) is 5.10 Å². The number of benzene rings is 1. The first-order valence-electron chi connectivity index (χ1n) is 9.82. The van der Waals surface area contributed by atoms with E-state index in [1.54, 1.807) is 36.1 Å². The van der Waals surface area contributed by atoms with Crippen LogP contribution in [0.25, 0.3) is 5.69 Å². The van der Waals surface area contributed by atoms with E-state index in [2.05, 4.69) is 20.3 Å². The number of nitrogens with one attached hydrogen (secondary N) is 1. The third-order valence-electron chi connectivity index (χ3n) is 5.54. The minimum absolute atomic E-state index is 0.0446. The molecule has 1 aromatic carbocycles. The number of hydrogen-bond donors (Lipinski definition) is 1. The SMILES string of the molecule is CN(C)C(=O)C[C@H]1CN2C[C@@H](NC(=O)c3ccccc3-n3cncn3)C[C@H]2CO1. The molecule has 2 amide bonds. The Morgan fingerprint density at radius 1 is 1.28 bits per heavy atom. The van der Waals surface area contributed by atoms with Crippen molar-refractivity contribution in [1.29, 1.82) is 0 Å². The summed E-state index contributed by atoms with van der Waals surface area (Å²) in [7, 11) is 3.51. The lowest BCUT2D eigenvalue weighted by atomic mass is 10.1. The van der Waals surface area contributed by atoms with Gasteiger partial charge >= 0.3 is 0 Å². The molecule has 3 atom stereocenters. The molecule has 2 fully saturated rings. The van der Waals surface area contributed by atoms with Gasteiger partial charge in [-0.1, -0.05) is 12.1 Å². The van der Waals surface area contributed by atoms with Crippen LogP contribution < -0.4 is 5.32 Å². The lowest BCUT2D eigenvalue weighted by Gasteiger charge is -2.35. The van der Waals surface area contributed by atoms with Crippen LogP contribution in [0.4, 0.5) is 0 Å². The Morgan fingerprint density at radius 3 is 2.86 bits per heavy atom. The van der Waals surface area contributed by atoms with Crippen LogP contribution in [0, 0.1) is 0 Å². The van der Waals surface area contributed by atoms with Crippen LogP contribution in [-0.4, -0.2) is 88.4 Å². The maximum atomic E-state index is 12.9. The largest absolute Gasteiger partial charge is 0.375 e. The summed E-state index contributed by atoms with van der Waals surface area (Å²) in [4.78, 5) is 32.8. The molecule has 2 aliphatic rings. The number of aromatic nitrogens is 3. The lowest BCUT2D eigenvalue weighted by Crippen LogP contribution is -2.47. The zero-order valence-electron chi connectivity index (χ0n) is 16.7. The second-order valence-corrected chi connectivity index (χ2v) is 7.82. The van der Waals surface area contributed by atoms with E-state index >= 15 is 0 Å². The van der Waals surface area contributed by atoms with E-state index in [0.29, 0.717) is 30.8 Å². The fraction of sp³-hybridized carbons (Fsp3) is 0.500. The van der Waals surface area contributed by atoms with Gasteiger partial charge in [0.25, 0.3) is 5.91 Å². The van der Waals surface area contributed by atoms with Gasteiger partial charge in [-0.3, -0.25) is 14.5 Å². The summed E-state index contributed by atoms with van der Waals surface area (Å²) < 4.78 is 7.49. The summed E-state index contributed by atoms with van der Waals surface area (Å²) >= 11 is 0. The van der Waals surface area contributed by atoms with E-state index in [1.165, 1.54) is 6.33 Å². The number of para-hydroxylation sites is 1. The van der Waals surface area contributed by atoms with Crippen LogP contribution in [0.3, 0.4) is 0 Å². The van der Waals surface area contributed by atoms with Crippen molar-refractivity contribution in [2.75, 3.05) is 33.8 Å². The molecular formula is C20H26N6O3. The molecular weight excluding hydrogens is 372 g/mol. The molecule has 0 unspecified atom stereocenters. The number of carbonyl (C=O) groups excluding carboxylic acids is 2. The maximum Gasteiger partial charge on any atom is 0.253 e. The summed E-state index contributed by atoms with van der Waals surface area (Å²) in [6.45, 7) is 2.07. The van der Waals surface area contributed by atoms with Crippen molar-refractivity contribution in [3.8, 4) is 5.69 Å². The maximum absolute atomic E-state index is 12.9. The number of rotatable bonds is 5. The van der Waals surface area contributed by atoms with Crippen molar-refractivity contribution in [3.05, 3.63) is 42.5 Å². The molecule has 9 heteroatoms. The monoisotopic (exact) mass is 398 g/mol. The van der Waals surface area contributed by atoms with Crippen LogP contribution in [0.2, 0.25) is 0 Å². The molecule has 3 heterocycles. The number of hydrogen-bond acceptors (Lipinski definition) is 6. The molecule has 4 rings (SSSR count). The summed E-state index contributed by atoms with van der Waals surface area (Å²) in [5, 5.41) is 7.29. The molecule has 0 saturated carbocycles. The van der Waals surface area contributed by atoms with Crippen LogP contribution in [0.1, 0.15) is 23.2 Å². The zero-order chi connectivity index (χ0) is 20.4. The molecule has 0 bridgehead atoms. The fourth-order valence-corrected chi connectivity index (χ4v) is 4.01. The molecule has 9 nitrogen and oxygen atoms in total. The Bertz CT molecular complexity index is 869. The average molecular weight is 398 g/mol. The standard InChI is InChI=1S/C20H26N6O3/c1-24(2)19(27)8-16-10-25-9-14(7-15(25)11-29-16)23-20(28)17-5-3-4-6-18(17)26-13-21-12-22-26/h3-6,12-16H,7-11H2,1-2H3,(H,23,28)/t14-,15-,16-/m0/s1. The van der Waals surface area contributed by atoms with Gasteiger partial charge < -0.3 is 15.0 Å². The predicted molar refractivity (Wildman–Crippen MR) is 106 cm³/mol. The highest BCUT2D eigenvalue weighted by Crippen LogP contribution is 2.25. The van der Waals surface area contributed by atoms with Crippen LogP contribution >= 0.6 is 0 Å². The molecule has 2 aromatic rings. The Morgan fingerprint density at radius 2 is 2.10 bits per heavy atom. The van der Waals surface area contributed by atoms with Gasteiger partial charge in [0.2, 0.25) is 5.91 Å². The van der Waals surface area contributed by atoms with Crippen molar-refractivity contribution in [2.45, 2.75) is 31.0 Å². The minimum Gasteiger partial charge on any atom is -0.375 e. The second-order valence-electron chi connectivity index (χ2n) is 7.82. The quantitative estimate of drug-likeness (QED) is 0.780.